The van der Waals surface area contributed by atoms with E-state index in [-0.39, 0.29) is 19.8 Å². The predicted molar refractivity (Wildman–Crippen MR) is 108 cm³/mol. The average Bonchev–Trinajstić information content (AvgIpc) is 2.62. The first-order chi connectivity index (χ1) is 12.6. The number of phosphoric ester groups is 1. The molecule has 0 aliphatic heterocycles. The summed E-state index contributed by atoms with van der Waals surface area (Å²) in [6.07, 6.45) is 21.8. The van der Waals surface area contributed by atoms with Crippen LogP contribution in [0.5, 0.6) is 0 Å². The Morgan fingerprint density at radius 2 is 1.19 bits per heavy atom. The third kappa shape index (κ3) is 20.1. The average molecular weight is 393 g/mol. The lowest BCUT2D eigenvalue weighted by Crippen LogP contribution is -2.01. The van der Waals surface area contributed by atoms with Crippen LogP contribution in [0.4, 0.5) is 0 Å². The summed E-state index contributed by atoms with van der Waals surface area (Å²) in [5.74, 6) is 0. The maximum absolute atomic E-state index is 11.3. The highest BCUT2D eigenvalue weighted by molar-refractivity contribution is 7.47. The molecule has 2 N–H and O–H groups in total. The molecule has 6 heteroatoms. The van der Waals surface area contributed by atoms with Crippen LogP contribution < -0.4 is 0 Å². The van der Waals surface area contributed by atoms with Crippen molar-refractivity contribution in [3.63, 3.8) is 0 Å². The van der Waals surface area contributed by atoms with Gasteiger partial charge in [-0.25, -0.2) is 4.57 Å². The number of hydrogen-bond donors (Lipinski definition) is 2. The first kappa shape index (κ1) is 25.8. The first-order valence-electron chi connectivity index (χ1n) is 10.5. The number of rotatable bonds is 20. The fourth-order valence-corrected chi connectivity index (χ4v) is 3.47. The molecule has 0 saturated heterocycles. The van der Waals surface area contributed by atoms with Crippen molar-refractivity contribution in [1.29, 1.82) is 0 Å². The molecule has 0 aliphatic carbocycles. The summed E-state index contributed by atoms with van der Waals surface area (Å²) >= 11 is 0. The van der Waals surface area contributed by atoms with Gasteiger partial charge in [-0.3, -0.25) is 9.05 Å². The largest absolute Gasteiger partial charge is 0.472 e. The normalized spacial score (nSPS) is 14.1. The van der Waals surface area contributed by atoms with Crippen LogP contribution in [0.2, 0.25) is 0 Å². The van der Waals surface area contributed by atoms with Crippen LogP contribution in [-0.2, 0) is 13.6 Å². The van der Waals surface area contributed by atoms with Crippen LogP contribution in [0.15, 0.2) is 12.2 Å². The Kier molecular flexibility index (Phi) is 19.4. The molecule has 0 spiro atoms. The number of aliphatic hydroxyl groups excluding tert-OH is 1. The maximum atomic E-state index is 11.3. The van der Waals surface area contributed by atoms with Gasteiger partial charge in [0.15, 0.2) is 0 Å². The lowest BCUT2D eigenvalue weighted by Gasteiger charge is -2.10. The fourth-order valence-electron chi connectivity index (χ4n) is 2.72. The highest BCUT2D eigenvalue weighted by Crippen LogP contribution is 2.42. The third-order valence-electron chi connectivity index (χ3n) is 4.26. The molecule has 0 fully saturated rings. The van der Waals surface area contributed by atoms with Crippen LogP contribution in [0.1, 0.15) is 96.8 Å². The van der Waals surface area contributed by atoms with Crippen molar-refractivity contribution in [1.82, 2.24) is 0 Å². The van der Waals surface area contributed by atoms with Gasteiger partial charge in [0.05, 0.1) is 19.8 Å². The first-order valence-corrected chi connectivity index (χ1v) is 12.0. The smallest absolute Gasteiger partial charge is 0.394 e. The summed E-state index contributed by atoms with van der Waals surface area (Å²) in [5, 5.41) is 8.53. The van der Waals surface area contributed by atoms with Gasteiger partial charge in [-0.05, 0) is 32.1 Å². The zero-order valence-corrected chi connectivity index (χ0v) is 17.6. The van der Waals surface area contributed by atoms with Crippen molar-refractivity contribution in [2.24, 2.45) is 0 Å². The van der Waals surface area contributed by atoms with E-state index >= 15 is 0 Å². The van der Waals surface area contributed by atoms with E-state index in [2.05, 4.69) is 23.6 Å². The minimum absolute atomic E-state index is 0.179. The van der Waals surface area contributed by atoms with Crippen LogP contribution in [0.25, 0.3) is 0 Å². The van der Waals surface area contributed by atoms with Crippen molar-refractivity contribution in [2.75, 3.05) is 19.8 Å². The molecule has 26 heavy (non-hydrogen) atoms. The van der Waals surface area contributed by atoms with Gasteiger partial charge < -0.3 is 10.00 Å². The van der Waals surface area contributed by atoms with Gasteiger partial charge in [-0.1, -0.05) is 76.9 Å². The molecule has 0 heterocycles. The molecule has 1 unspecified atom stereocenters. The number of aliphatic hydroxyl groups is 1. The SMILES string of the molecule is CCCCCCCC/C=C\CCCCCCCCOP(=O)(O)OCCO. The van der Waals surface area contributed by atoms with E-state index in [0.717, 1.165) is 19.3 Å². The van der Waals surface area contributed by atoms with E-state index in [1.165, 1.54) is 70.6 Å². The predicted octanol–water partition coefficient (Wildman–Crippen LogP) is 6.15. The second-order valence-electron chi connectivity index (χ2n) is 6.80. The zero-order chi connectivity index (χ0) is 19.3. The van der Waals surface area contributed by atoms with Crippen LogP contribution in [0, 0.1) is 0 Å². The molecule has 0 bridgehead atoms. The monoisotopic (exact) mass is 392 g/mol. The summed E-state index contributed by atoms with van der Waals surface area (Å²) < 4.78 is 20.7. The van der Waals surface area contributed by atoms with Gasteiger partial charge in [-0.15, -0.1) is 0 Å². The Labute approximate surface area is 160 Å². The Morgan fingerprint density at radius 1 is 0.731 bits per heavy atom. The quantitative estimate of drug-likeness (QED) is 0.148. The van der Waals surface area contributed by atoms with Crippen LogP contribution in [0.3, 0.4) is 0 Å². The molecular formula is C20H41O5P. The molecule has 0 radical (unpaired) electrons. The molecule has 0 aromatic rings. The highest BCUT2D eigenvalue weighted by atomic mass is 31.2. The van der Waals surface area contributed by atoms with Crippen molar-refractivity contribution >= 4 is 7.82 Å². The van der Waals surface area contributed by atoms with Crippen molar-refractivity contribution in [3.05, 3.63) is 12.2 Å². The molecule has 156 valence electrons. The molecular weight excluding hydrogens is 351 g/mol. The Hall–Kier alpha value is -0.190. The standard InChI is InChI=1S/C20H41O5P/c1-2-3-4-5-6-7-8-9-10-11-12-13-14-15-16-17-19-24-26(22,23)25-20-18-21/h9-10,21H,2-8,11-20H2,1H3,(H,22,23)/b10-9-. The van der Waals surface area contributed by atoms with E-state index in [1.54, 1.807) is 0 Å². The molecule has 0 amide bonds. The lowest BCUT2D eigenvalue weighted by atomic mass is 10.1. The summed E-state index contributed by atoms with van der Waals surface area (Å²) in [6, 6.07) is 0. The number of unbranched alkanes of at least 4 members (excludes halogenated alkanes) is 12. The molecule has 5 nitrogen and oxygen atoms in total. The van der Waals surface area contributed by atoms with Gasteiger partial charge in [0.1, 0.15) is 0 Å². The Morgan fingerprint density at radius 3 is 1.73 bits per heavy atom. The molecule has 0 saturated carbocycles. The van der Waals surface area contributed by atoms with E-state index in [0.29, 0.717) is 0 Å². The van der Waals surface area contributed by atoms with Crippen molar-refractivity contribution < 1.29 is 23.6 Å². The lowest BCUT2D eigenvalue weighted by molar-refractivity contribution is 0.122. The molecule has 0 aliphatic rings. The summed E-state index contributed by atoms with van der Waals surface area (Å²) in [7, 11) is -3.97. The minimum atomic E-state index is -3.97. The zero-order valence-electron chi connectivity index (χ0n) is 16.7. The van der Waals surface area contributed by atoms with Gasteiger partial charge in [0.2, 0.25) is 0 Å². The molecule has 1 atom stereocenters. The number of hydrogen-bond acceptors (Lipinski definition) is 4. The van der Waals surface area contributed by atoms with Gasteiger partial charge in [0, 0.05) is 0 Å². The summed E-state index contributed by atoms with van der Waals surface area (Å²) in [5.41, 5.74) is 0. The van der Waals surface area contributed by atoms with Crippen LogP contribution in [-0.4, -0.2) is 29.8 Å². The van der Waals surface area contributed by atoms with Gasteiger partial charge >= 0.3 is 7.82 Å². The third-order valence-corrected chi connectivity index (χ3v) is 5.27. The van der Waals surface area contributed by atoms with Crippen molar-refractivity contribution in [2.45, 2.75) is 96.8 Å². The summed E-state index contributed by atoms with van der Waals surface area (Å²) in [6.45, 7) is 2.01. The van der Waals surface area contributed by atoms with E-state index in [9.17, 15) is 9.46 Å². The van der Waals surface area contributed by atoms with Crippen LogP contribution >= 0.6 is 7.82 Å². The van der Waals surface area contributed by atoms with Gasteiger partial charge in [-0.2, -0.15) is 0 Å². The Bertz CT molecular complexity index is 360. The highest BCUT2D eigenvalue weighted by Gasteiger charge is 2.19. The Balaban J connectivity index is 3.24. The number of allylic oxidation sites excluding steroid dienone is 2. The molecule has 0 rings (SSSR count). The van der Waals surface area contributed by atoms with Crippen molar-refractivity contribution in [3.8, 4) is 0 Å². The maximum Gasteiger partial charge on any atom is 0.472 e. The number of phosphoric acid groups is 1. The fraction of sp³-hybridized carbons (Fsp3) is 0.900. The summed E-state index contributed by atoms with van der Waals surface area (Å²) in [4.78, 5) is 9.26. The molecule has 0 aromatic heterocycles. The van der Waals surface area contributed by atoms with Gasteiger partial charge in [0.25, 0.3) is 0 Å². The van der Waals surface area contributed by atoms with E-state index in [4.69, 9.17) is 9.63 Å². The topological polar surface area (TPSA) is 76.0 Å². The minimum Gasteiger partial charge on any atom is -0.394 e. The molecule has 0 aromatic carbocycles. The van der Waals surface area contributed by atoms with E-state index in [1.807, 2.05) is 0 Å². The van der Waals surface area contributed by atoms with E-state index < -0.39 is 7.82 Å². The second-order valence-corrected chi connectivity index (χ2v) is 8.25. The second kappa shape index (κ2) is 19.6.